The summed E-state index contributed by atoms with van der Waals surface area (Å²) < 4.78 is 5.11. The number of hydrogen-bond acceptors (Lipinski definition) is 5. The predicted molar refractivity (Wildman–Crippen MR) is 118 cm³/mol. The first-order valence-corrected chi connectivity index (χ1v) is 10.9. The Bertz CT molecular complexity index is 902. The molecule has 1 aromatic carbocycles. The molecule has 1 fully saturated rings. The number of esters is 1. The molecule has 3 rings (SSSR count). The Labute approximate surface area is 176 Å². The zero-order valence-corrected chi connectivity index (χ0v) is 18.7. The summed E-state index contributed by atoms with van der Waals surface area (Å²) >= 11 is 1.37. The summed E-state index contributed by atoms with van der Waals surface area (Å²) in [4.78, 5) is 21.5. The van der Waals surface area contributed by atoms with E-state index in [4.69, 9.17) is 4.74 Å². The van der Waals surface area contributed by atoms with Gasteiger partial charge in [0.1, 0.15) is 9.88 Å². The molecule has 2 N–H and O–H groups in total. The van der Waals surface area contributed by atoms with E-state index < -0.39 is 0 Å². The van der Waals surface area contributed by atoms with Gasteiger partial charge in [0, 0.05) is 19.0 Å². The van der Waals surface area contributed by atoms with Gasteiger partial charge < -0.3 is 15.4 Å². The molecule has 29 heavy (non-hydrogen) atoms. The maximum absolute atomic E-state index is 12.1. The fraction of sp³-hybridized carbons (Fsp3) is 0.500. The van der Waals surface area contributed by atoms with Crippen molar-refractivity contribution >= 4 is 23.3 Å². The zero-order chi connectivity index (χ0) is 21.0. The number of nitrogens with zero attached hydrogens (tertiary/aromatic N) is 2. The molecule has 7 heteroatoms. The number of rotatable bonds is 7. The first kappa shape index (κ1) is 21.3. The minimum absolute atomic E-state index is 0.0679. The Morgan fingerprint density at radius 2 is 2.07 bits per heavy atom. The number of ether oxygens (including phenoxy) is 1. The SMILES string of the molecule is CCOC(=O)c1sc(C(C)NC(=NC)NCC2(c3ccccc3C)CC2)nc1C. The summed E-state index contributed by atoms with van der Waals surface area (Å²) in [7, 11) is 1.77. The third-order valence-corrected chi connectivity index (χ3v) is 6.71. The molecule has 1 saturated carbocycles. The molecule has 0 bridgehead atoms. The lowest BCUT2D eigenvalue weighted by molar-refractivity contribution is 0.0531. The highest BCUT2D eigenvalue weighted by Crippen LogP contribution is 2.48. The molecule has 0 saturated heterocycles. The molecule has 6 nitrogen and oxygen atoms in total. The Kier molecular flexibility index (Phi) is 6.57. The first-order valence-electron chi connectivity index (χ1n) is 10.1. The van der Waals surface area contributed by atoms with Crippen LogP contribution < -0.4 is 10.6 Å². The van der Waals surface area contributed by atoms with Gasteiger partial charge in [-0.1, -0.05) is 24.3 Å². The molecule has 1 aromatic heterocycles. The van der Waals surface area contributed by atoms with Crippen LogP contribution in [-0.2, 0) is 10.2 Å². The summed E-state index contributed by atoms with van der Waals surface area (Å²) in [6.07, 6.45) is 2.37. The quantitative estimate of drug-likeness (QED) is 0.408. The second kappa shape index (κ2) is 8.95. The van der Waals surface area contributed by atoms with Crippen molar-refractivity contribution in [3.05, 3.63) is 51.0 Å². The molecule has 0 amide bonds. The van der Waals surface area contributed by atoms with Gasteiger partial charge in [0.05, 0.1) is 18.3 Å². The fourth-order valence-corrected chi connectivity index (χ4v) is 4.53. The molecule has 0 radical (unpaired) electrons. The Morgan fingerprint density at radius 1 is 1.34 bits per heavy atom. The lowest BCUT2D eigenvalue weighted by Crippen LogP contribution is -2.42. The Morgan fingerprint density at radius 3 is 2.69 bits per heavy atom. The smallest absolute Gasteiger partial charge is 0.350 e. The number of thiazole rings is 1. The van der Waals surface area contributed by atoms with E-state index in [9.17, 15) is 4.79 Å². The lowest BCUT2D eigenvalue weighted by atomic mass is 9.92. The van der Waals surface area contributed by atoms with Gasteiger partial charge in [-0.3, -0.25) is 4.99 Å². The van der Waals surface area contributed by atoms with Gasteiger partial charge in [0.25, 0.3) is 0 Å². The number of nitrogens with one attached hydrogen (secondary N) is 2. The largest absolute Gasteiger partial charge is 0.462 e. The third-order valence-electron chi connectivity index (χ3n) is 5.39. The second-order valence-electron chi connectivity index (χ2n) is 7.57. The van der Waals surface area contributed by atoms with Crippen LogP contribution in [0.5, 0.6) is 0 Å². The van der Waals surface area contributed by atoms with E-state index in [1.807, 2.05) is 13.8 Å². The van der Waals surface area contributed by atoms with Crippen LogP contribution in [-0.4, -0.2) is 37.1 Å². The van der Waals surface area contributed by atoms with Gasteiger partial charge >= 0.3 is 5.97 Å². The van der Waals surface area contributed by atoms with Crippen molar-refractivity contribution in [2.45, 2.75) is 52.0 Å². The van der Waals surface area contributed by atoms with E-state index in [1.54, 1.807) is 14.0 Å². The summed E-state index contributed by atoms with van der Waals surface area (Å²) in [6, 6.07) is 8.55. The normalized spacial score (nSPS) is 16.2. The van der Waals surface area contributed by atoms with Crippen molar-refractivity contribution < 1.29 is 9.53 Å². The van der Waals surface area contributed by atoms with E-state index in [-0.39, 0.29) is 17.4 Å². The number of aryl methyl sites for hydroxylation is 2. The van der Waals surface area contributed by atoms with E-state index >= 15 is 0 Å². The second-order valence-corrected chi connectivity index (χ2v) is 8.60. The molecule has 1 atom stereocenters. The minimum Gasteiger partial charge on any atom is -0.462 e. The molecule has 1 aliphatic rings. The van der Waals surface area contributed by atoms with E-state index in [0.717, 1.165) is 17.5 Å². The summed E-state index contributed by atoms with van der Waals surface area (Å²) in [5.41, 5.74) is 3.66. The third kappa shape index (κ3) is 4.78. The van der Waals surface area contributed by atoms with Crippen LogP contribution in [0.1, 0.15) is 64.2 Å². The molecule has 2 aromatic rings. The molecular formula is C22H30N4O2S. The number of aromatic nitrogens is 1. The average molecular weight is 415 g/mol. The minimum atomic E-state index is -0.308. The standard InChI is InChI=1S/C22H30N4O2S/c1-6-28-20(27)18-15(3)25-19(29-18)16(4)26-21(23-5)24-13-22(11-12-22)17-10-8-7-9-14(17)2/h7-10,16H,6,11-13H2,1-5H3,(H2,23,24,26). The van der Waals surface area contributed by atoms with Crippen LogP contribution in [0.2, 0.25) is 0 Å². The fourth-order valence-electron chi connectivity index (χ4n) is 3.56. The van der Waals surface area contributed by atoms with Crippen molar-refractivity contribution in [3.63, 3.8) is 0 Å². The number of benzene rings is 1. The van der Waals surface area contributed by atoms with Crippen LogP contribution in [0.3, 0.4) is 0 Å². The van der Waals surface area contributed by atoms with Crippen LogP contribution in [0.15, 0.2) is 29.3 Å². The summed E-state index contributed by atoms with van der Waals surface area (Å²) in [5, 5.41) is 7.72. The maximum Gasteiger partial charge on any atom is 0.350 e. The van der Waals surface area contributed by atoms with Crippen LogP contribution in [0.4, 0.5) is 0 Å². The number of guanidine groups is 1. The van der Waals surface area contributed by atoms with E-state index in [2.05, 4.69) is 51.8 Å². The van der Waals surface area contributed by atoms with Gasteiger partial charge in [-0.15, -0.1) is 11.3 Å². The molecule has 1 heterocycles. The molecule has 156 valence electrons. The zero-order valence-electron chi connectivity index (χ0n) is 17.8. The average Bonchev–Trinajstić information content (AvgIpc) is 3.39. The van der Waals surface area contributed by atoms with E-state index in [1.165, 1.54) is 35.3 Å². The van der Waals surface area contributed by atoms with Crippen LogP contribution in [0.25, 0.3) is 0 Å². The van der Waals surface area contributed by atoms with Gasteiger partial charge in [-0.2, -0.15) is 0 Å². The Hall–Kier alpha value is -2.41. The number of hydrogen-bond donors (Lipinski definition) is 2. The van der Waals surface area contributed by atoms with Crippen molar-refractivity contribution in [2.24, 2.45) is 4.99 Å². The van der Waals surface area contributed by atoms with Crippen molar-refractivity contribution in [1.82, 2.24) is 15.6 Å². The van der Waals surface area contributed by atoms with Gasteiger partial charge in [0.2, 0.25) is 0 Å². The first-order chi connectivity index (χ1) is 13.9. The van der Waals surface area contributed by atoms with Gasteiger partial charge in [-0.05, 0) is 51.7 Å². The predicted octanol–water partition coefficient (Wildman–Crippen LogP) is 3.89. The van der Waals surface area contributed by atoms with Gasteiger partial charge in [0.15, 0.2) is 5.96 Å². The van der Waals surface area contributed by atoms with Crippen LogP contribution in [0, 0.1) is 13.8 Å². The van der Waals surface area contributed by atoms with Crippen molar-refractivity contribution in [1.29, 1.82) is 0 Å². The van der Waals surface area contributed by atoms with Crippen molar-refractivity contribution in [3.8, 4) is 0 Å². The van der Waals surface area contributed by atoms with Crippen molar-refractivity contribution in [2.75, 3.05) is 20.2 Å². The molecule has 1 aliphatic carbocycles. The monoisotopic (exact) mass is 414 g/mol. The van der Waals surface area contributed by atoms with E-state index in [0.29, 0.717) is 17.2 Å². The number of carbonyl (C=O) groups excluding carboxylic acids is 1. The highest BCUT2D eigenvalue weighted by atomic mass is 32.1. The molecule has 0 spiro atoms. The lowest BCUT2D eigenvalue weighted by Gasteiger charge is -2.22. The molecule has 1 unspecified atom stereocenters. The highest BCUT2D eigenvalue weighted by Gasteiger charge is 2.44. The number of aliphatic imine (C=N–C) groups is 1. The topological polar surface area (TPSA) is 75.6 Å². The Balaban J connectivity index is 1.63. The summed E-state index contributed by atoms with van der Waals surface area (Å²) in [6.45, 7) is 9.04. The molecular weight excluding hydrogens is 384 g/mol. The molecule has 0 aliphatic heterocycles. The summed E-state index contributed by atoms with van der Waals surface area (Å²) in [5.74, 6) is 0.431. The number of carbonyl (C=O) groups is 1. The maximum atomic E-state index is 12.1. The highest BCUT2D eigenvalue weighted by molar-refractivity contribution is 7.13. The van der Waals surface area contributed by atoms with Gasteiger partial charge in [-0.25, -0.2) is 9.78 Å². The van der Waals surface area contributed by atoms with Crippen LogP contribution >= 0.6 is 11.3 Å².